The Hall–Kier alpha value is -2.47. The highest BCUT2D eigenvalue weighted by atomic mass is 16.2. The van der Waals surface area contributed by atoms with Crippen LogP contribution in [0.15, 0.2) is 29.1 Å². The van der Waals surface area contributed by atoms with Crippen LogP contribution in [0.2, 0.25) is 0 Å². The number of hydrogen-bond acceptors (Lipinski definition) is 4. The maximum Gasteiger partial charge on any atom is 0.279 e. The van der Waals surface area contributed by atoms with E-state index < -0.39 is 11.5 Å². The van der Waals surface area contributed by atoms with Crippen LogP contribution in [-0.4, -0.2) is 15.7 Å². The minimum Gasteiger partial charge on any atom is -0.290 e. The summed E-state index contributed by atoms with van der Waals surface area (Å²) in [5, 5.41) is 4.17. The lowest BCUT2D eigenvalue weighted by molar-refractivity contribution is 0.0951. The lowest BCUT2D eigenvalue weighted by Crippen LogP contribution is -2.36. The number of aryl methyl sites for hydroxylation is 3. The van der Waals surface area contributed by atoms with Gasteiger partial charge in [0.2, 0.25) is 0 Å². The normalized spacial score (nSPS) is 10.4. The summed E-state index contributed by atoms with van der Waals surface area (Å²) < 4.78 is 1.13. The van der Waals surface area contributed by atoms with Gasteiger partial charge in [-0.25, -0.2) is 10.5 Å². The van der Waals surface area contributed by atoms with Crippen molar-refractivity contribution >= 4 is 5.91 Å². The van der Waals surface area contributed by atoms with Crippen LogP contribution in [0.3, 0.4) is 0 Å². The smallest absolute Gasteiger partial charge is 0.279 e. The monoisotopic (exact) mass is 272 g/mol. The zero-order chi connectivity index (χ0) is 14.9. The topological polar surface area (TPSA) is 90.0 Å². The van der Waals surface area contributed by atoms with Gasteiger partial charge in [-0.15, -0.1) is 0 Å². The van der Waals surface area contributed by atoms with Crippen LogP contribution in [0, 0.1) is 13.8 Å². The third kappa shape index (κ3) is 2.46. The van der Waals surface area contributed by atoms with Crippen LogP contribution in [0.25, 0.3) is 11.3 Å². The SMILES string of the molecule is Cc1ccc(-c2cc(C(=O)NN)c(=O)n(C)n2)cc1C. The van der Waals surface area contributed by atoms with Crippen LogP contribution in [0.5, 0.6) is 0 Å². The summed E-state index contributed by atoms with van der Waals surface area (Å²) in [5.74, 6) is 4.46. The molecule has 0 unspecified atom stereocenters. The van der Waals surface area contributed by atoms with E-state index >= 15 is 0 Å². The molecule has 0 bridgehead atoms. The van der Waals surface area contributed by atoms with Gasteiger partial charge < -0.3 is 0 Å². The second kappa shape index (κ2) is 5.26. The Labute approximate surface area is 116 Å². The Morgan fingerprint density at radius 2 is 1.95 bits per heavy atom. The lowest BCUT2D eigenvalue weighted by Gasteiger charge is -2.08. The standard InChI is InChI=1S/C14H16N4O2/c1-8-4-5-10(6-9(8)2)12-7-11(13(19)16-15)14(20)18(3)17-12/h4-7H,15H2,1-3H3,(H,16,19). The molecule has 0 spiro atoms. The van der Waals surface area contributed by atoms with Crippen molar-refractivity contribution in [1.82, 2.24) is 15.2 Å². The average Bonchev–Trinajstić information content (AvgIpc) is 2.44. The molecule has 20 heavy (non-hydrogen) atoms. The number of nitrogen functional groups attached to an aromatic ring is 1. The van der Waals surface area contributed by atoms with Gasteiger partial charge in [0.15, 0.2) is 0 Å². The fourth-order valence-corrected chi connectivity index (χ4v) is 1.89. The molecule has 0 aliphatic rings. The molecule has 1 amide bonds. The van der Waals surface area contributed by atoms with Gasteiger partial charge in [0, 0.05) is 12.6 Å². The fourth-order valence-electron chi connectivity index (χ4n) is 1.89. The average molecular weight is 272 g/mol. The van der Waals surface area contributed by atoms with E-state index in [-0.39, 0.29) is 5.56 Å². The van der Waals surface area contributed by atoms with E-state index in [4.69, 9.17) is 5.84 Å². The number of nitrogens with one attached hydrogen (secondary N) is 1. The second-order valence-electron chi connectivity index (χ2n) is 4.64. The molecule has 0 saturated heterocycles. The summed E-state index contributed by atoms with van der Waals surface area (Å²) in [7, 11) is 1.50. The number of aromatic nitrogens is 2. The van der Waals surface area contributed by atoms with E-state index in [1.807, 2.05) is 37.5 Å². The molecule has 1 aromatic carbocycles. The molecule has 0 aliphatic carbocycles. The molecule has 0 fully saturated rings. The van der Waals surface area contributed by atoms with Crippen LogP contribution in [-0.2, 0) is 7.05 Å². The fraction of sp³-hybridized carbons (Fsp3) is 0.214. The van der Waals surface area contributed by atoms with Gasteiger partial charge in [-0.3, -0.25) is 15.0 Å². The van der Waals surface area contributed by atoms with Crippen LogP contribution >= 0.6 is 0 Å². The molecule has 2 rings (SSSR count). The maximum atomic E-state index is 11.9. The number of carbonyl (C=O) groups excluding carboxylic acids is 1. The number of nitrogens with zero attached hydrogens (tertiary/aromatic N) is 2. The molecule has 6 nitrogen and oxygen atoms in total. The highest BCUT2D eigenvalue weighted by Gasteiger charge is 2.14. The molecular weight excluding hydrogens is 256 g/mol. The zero-order valence-corrected chi connectivity index (χ0v) is 11.6. The Morgan fingerprint density at radius 3 is 2.55 bits per heavy atom. The summed E-state index contributed by atoms with van der Waals surface area (Å²) in [6.07, 6.45) is 0. The van der Waals surface area contributed by atoms with Crippen LogP contribution < -0.4 is 16.8 Å². The minimum atomic E-state index is -0.627. The van der Waals surface area contributed by atoms with E-state index in [0.717, 1.165) is 15.8 Å². The van der Waals surface area contributed by atoms with Gasteiger partial charge in [-0.05, 0) is 37.1 Å². The lowest BCUT2D eigenvalue weighted by atomic mass is 10.0. The molecule has 0 radical (unpaired) electrons. The number of hydrazine groups is 1. The van der Waals surface area contributed by atoms with Crippen molar-refractivity contribution < 1.29 is 4.79 Å². The maximum absolute atomic E-state index is 11.9. The minimum absolute atomic E-state index is 0.0294. The molecule has 3 N–H and O–H groups in total. The largest absolute Gasteiger partial charge is 0.290 e. The molecule has 104 valence electrons. The van der Waals surface area contributed by atoms with Crippen LogP contribution in [0.4, 0.5) is 0 Å². The number of rotatable bonds is 2. The zero-order valence-electron chi connectivity index (χ0n) is 11.6. The highest BCUT2D eigenvalue weighted by Crippen LogP contribution is 2.20. The highest BCUT2D eigenvalue weighted by molar-refractivity contribution is 5.94. The first-order valence-electron chi connectivity index (χ1n) is 6.11. The summed E-state index contributed by atoms with van der Waals surface area (Å²) in [6, 6.07) is 7.29. The Kier molecular flexibility index (Phi) is 3.67. The third-order valence-corrected chi connectivity index (χ3v) is 3.24. The Bertz CT molecular complexity index is 734. The van der Waals surface area contributed by atoms with E-state index in [9.17, 15) is 9.59 Å². The third-order valence-electron chi connectivity index (χ3n) is 3.24. The molecule has 0 aliphatic heterocycles. The molecule has 0 saturated carbocycles. The number of benzene rings is 1. The van der Waals surface area contributed by atoms with Crippen LogP contribution in [0.1, 0.15) is 21.5 Å². The predicted octanol–water partition coefficient (Wildman–Crippen LogP) is 0.668. The predicted molar refractivity (Wildman–Crippen MR) is 76.0 cm³/mol. The van der Waals surface area contributed by atoms with Crippen molar-refractivity contribution in [2.45, 2.75) is 13.8 Å². The van der Waals surface area contributed by atoms with Gasteiger partial charge in [0.25, 0.3) is 11.5 Å². The Balaban J connectivity index is 2.63. The van der Waals surface area contributed by atoms with Crippen molar-refractivity contribution in [1.29, 1.82) is 0 Å². The van der Waals surface area contributed by atoms with E-state index in [1.54, 1.807) is 0 Å². The summed E-state index contributed by atoms with van der Waals surface area (Å²) in [4.78, 5) is 23.5. The van der Waals surface area contributed by atoms with Gasteiger partial charge in [-0.2, -0.15) is 5.10 Å². The Morgan fingerprint density at radius 1 is 1.25 bits per heavy atom. The van der Waals surface area contributed by atoms with E-state index in [0.29, 0.717) is 5.69 Å². The van der Waals surface area contributed by atoms with Gasteiger partial charge in [-0.1, -0.05) is 12.1 Å². The van der Waals surface area contributed by atoms with E-state index in [1.165, 1.54) is 18.7 Å². The number of carbonyl (C=O) groups is 1. The first-order valence-corrected chi connectivity index (χ1v) is 6.11. The van der Waals surface area contributed by atoms with Crippen molar-refractivity contribution in [3.8, 4) is 11.3 Å². The summed E-state index contributed by atoms with van der Waals surface area (Å²) >= 11 is 0. The molecule has 1 aromatic heterocycles. The first kappa shape index (κ1) is 14.0. The quantitative estimate of drug-likeness (QED) is 0.477. The molecule has 0 atom stereocenters. The number of hydrogen-bond donors (Lipinski definition) is 2. The van der Waals surface area contributed by atoms with Gasteiger partial charge >= 0.3 is 0 Å². The first-order chi connectivity index (χ1) is 9.43. The van der Waals surface area contributed by atoms with Crippen molar-refractivity contribution in [2.75, 3.05) is 0 Å². The van der Waals surface area contributed by atoms with Crippen molar-refractivity contribution in [3.05, 3.63) is 51.3 Å². The summed E-state index contributed by atoms with van der Waals surface area (Å²) in [5.41, 5.74) is 5.12. The number of nitrogens with two attached hydrogens (primary N) is 1. The summed E-state index contributed by atoms with van der Waals surface area (Å²) in [6.45, 7) is 4.01. The number of amides is 1. The molecule has 1 heterocycles. The molecule has 6 heteroatoms. The van der Waals surface area contributed by atoms with Crippen molar-refractivity contribution in [2.24, 2.45) is 12.9 Å². The molecular formula is C14H16N4O2. The second-order valence-corrected chi connectivity index (χ2v) is 4.64. The van der Waals surface area contributed by atoms with Gasteiger partial charge in [0.1, 0.15) is 5.56 Å². The van der Waals surface area contributed by atoms with E-state index in [2.05, 4.69) is 5.10 Å². The van der Waals surface area contributed by atoms with Gasteiger partial charge in [0.05, 0.1) is 5.69 Å². The van der Waals surface area contributed by atoms with Crippen molar-refractivity contribution in [3.63, 3.8) is 0 Å². The molecule has 2 aromatic rings.